The molecule has 2 N–H and O–H groups in total. The Labute approximate surface area is 169 Å². The largest absolute Gasteiger partial charge is 0.497 e. The zero-order valence-electron chi connectivity index (χ0n) is 16.3. The van der Waals surface area contributed by atoms with Crippen LogP contribution in [0.3, 0.4) is 0 Å². The number of benzene rings is 2. The van der Waals surface area contributed by atoms with Crippen molar-refractivity contribution in [1.29, 1.82) is 0 Å². The van der Waals surface area contributed by atoms with Crippen LogP contribution in [0.15, 0.2) is 47.4 Å². The number of sulfonamides is 1. The Bertz CT molecular complexity index is 1050. The van der Waals surface area contributed by atoms with E-state index in [1.54, 1.807) is 18.2 Å². The van der Waals surface area contributed by atoms with Gasteiger partial charge in [0, 0.05) is 37.7 Å². The second-order valence-corrected chi connectivity index (χ2v) is 9.03. The summed E-state index contributed by atoms with van der Waals surface area (Å²) >= 11 is 0. The van der Waals surface area contributed by atoms with Gasteiger partial charge in [0.1, 0.15) is 22.1 Å². The Morgan fingerprint density at radius 3 is 2.41 bits per heavy atom. The van der Waals surface area contributed by atoms with Gasteiger partial charge in [-0.1, -0.05) is 12.1 Å². The van der Waals surface area contributed by atoms with Gasteiger partial charge in [-0.2, -0.15) is 4.31 Å². The Kier molecular flexibility index (Phi) is 4.87. The van der Waals surface area contributed by atoms with Crippen LogP contribution in [-0.4, -0.2) is 51.6 Å². The summed E-state index contributed by atoms with van der Waals surface area (Å²) in [6.07, 6.45) is 0.886. The van der Waals surface area contributed by atoms with Crippen LogP contribution in [0.2, 0.25) is 0 Å². The number of ether oxygens (including phenoxy) is 2. The van der Waals surface area contributed by atoms with Crippen molar-refractivity contribution in [1.82, 2.24) is 9.62 Å². The minimum absolute atomic E-state index is 0.0706. The van der Waals surface area contributed by atoms with E-state index >= 15 is 0 Å². The molecule has 0 aromatic heterocycles. The minimum atomic E-state index is -3.78. The summed E-state index contributed by atoms with van der Waals surface area (Å²) in [5.74, 6) is 0.560. The lowest BCUT2D eigenvalue weighted by Crippen LogP contribution is -2.62. The number of carbonyl (C=O) groups is 1. The van der Waals surface area contributed by atoms with Crippen molar-refractivity contribution < 1.29 is 22.7 Å². The molecule has 154 valence electrons. The third kappa shape index (κ3) is 3.40. The molecular formula is C20H23N3O5S. The summed E-state index contributed by atoms with van der Waals surface area (Å²) in [7, 11) is -0.859. The van der Waals surface area contributed by atoms with Gasteiger partial charge in [-0.25, -0.2) is 8.42 Å². The zero-order valence-corrected chi connectivity index (χ0v) is 17.1. The van der Waals surface area contributed by atoms with Gasteiger partial charge >= 0.3 is 0 Å². The fourth-order valence-corrected chi connectivity index (χ4v) is 5.46. The molecule has 0 unspecified atom stereocenters. The molecule has 1 fully saturated rings. The number of amides is 1. The van der Waals surface area contributed by atoms with E-state index in [1.807, 2.05) is 18.2 Å². The molecule has 2 heterocycles. The molecule has 0 radical (unpaired) electrons. The lowest BCUT2D eigenvalue weighted by Gasteiger charge is -2.45. The fraction of sp³-hybridized carbons (Fsp3) is 0.350. The average Bonchev–Trinajstić information content (AvgIpc) is 2.73. The molecule has 8 nitrogen and oxygen atoms in total. The maximum atomic E-state index is 13.3. The van der Waals surface area contributed by atoms with Crippen LogP contribution in [0.4, 0.5) is 5.69 Å². The van der Waals surface area contributed by atoms with Gasteiger partial charge in [0.05, 0.1) is 19.8 Å². The van der Waals surface area contributed by atoms with Crippen molar-refractivity contribution in [3.8, 4) is 11.5 Å². The minimum Gasteiger partial charge on any atom is -0.497 e. The highest BCUT2D eigenvalue weighted by atomic mass is 32.2. The Hall–Kier alpha value is -2.78. The zero-order chi connectivity index (χ0) is 20.6. The standard InChI is InChI=1S/C20H23N3O5S/c1-27-14-7-8-17(28-2)18(13-14)29(25,26)23-11-9-20(10-12-23)21-16-6-4-3-5-15(16)19(24)22-20/h3-8,13,21H,9-12H2,1-2H3,(H,22,24). The molecule has 2 aromatic carbocycles. The van der Waals surface area contributed by atoms with Crippen LogP contribution in [0.25, 0.3) is 0 Å². The molecule has 4 rings (SSSR count). The monoisotopic (exact) mass is 417 g/mol. The first-order valence-electron chi connectivity index (χ1n) is 9.30. The van der Waals surface area contributed by atoms with Crippen LogP contribution in [0, 0.1) is 0 Å². The van der Waals surface area contributed by atoms with Gasteiger partial charge in [-0.15, -0.1) is 0 Å². The molecule has 0 atom stereocenters. The second-order valence-electron chi connectivity index (χ2n) is 7.13. The molecule has 9 heteroatoms. The number of carbonyl (C=O) groups excluding carboxylic acids is 1. The van der Waals surface area contributed by atoms with E-state index in [9.17, 15) is 13.2 Å². The fourth-order valence-electron chi connectivity index (χ4n) is 3.85. The number of hydrogen-bond acceptors (Lipinski definition) is 6. The summed E-state index contributed by atoms with van der Waals surface area (Å²) in [5.41, 5.74) is 0.701. The number of para-hydroxylation sites is 1. The maximum absolute atomic E-state index is 13.3. The van der Waals surface area contributed by atoms with Crippen molar-refractivity contribution >= 4 is 21.6 Å². The maximum Gasteiger partial charge on any atom is 0.255 e. The van der Waals surface area contributed by atoms with Gasteiger partial charge in [0.15, 0.2) is 0 Å². The Balaban J connectivity index is 1.57. The molecule has 1 spiro atoms. The highest BCUT2D eigenvalue weighted by Gasteiger charge is 2.43. The number of piperidine rings is 1. The van der Waals surface area contributed by atoms with Gasteiger partial charge in [0.2, 0.25) is 10.0 Å². The predicted octanol–water partition coefficient (Wildman–Crippen LogP) is 2.04. The van der Waals surface area contributed by atoms with Crippen LogP contribution >= 0.6 is 0 Å². The van der Waals surface area contributed by atoms with E-state index in [2.05, 4.69) is 10.6 Å². The van der Waals surface area contributed by atoms with Gasteiger partial charge in [-0.3, -0.25) is 4.79 Å². The molecule has 0 saturated carbocycles. The van der Waals surface area contributed by atoms with Gasteiger partial charge in [0.25, 0.3) is 5.91 Å². The number of rotatable bonds is 4. The van der Waals surface area contributed by atoms with Crippen molar-refractivity contribution in [2.24, 2.45) is 0 Å². The molecule has 29 heavy (non-hydrogen) atoms. The van der Waals surface area contributed by atoms with Crippen molar-refractivity contribution in [3.05, 3.63) is 48.0 Å². The normalized spacial score (nSPS) is 18.5. The van der Waals surface area contributed by atoms with E-state index in [1.165, 1.54) is 24.6 Å². The first-order valence-corrected chi connectivity index (χ1v) is 10.7. The molecule has 0 bridgehead atoms. The van der Waals surface area contributed by atoms with Crippen molar-refractivity contribution in [2.75, 3.05) is 32.6 Å². The van der Waals surface area contributed by atoms with Crippen LogP contribution in [-0.2, 0) is 10.0 Å². The van der Waals surface area contributed by atoms with E-state index in [0.717, 1.165) is 5.69 Å². The van der Waals surface area contributed by atoms with E-state index in [4.69, 9.17) is 9.47 Å². The smallest absolute Gasteiger partial charge is 0.255 e. The highest BCUT2D eigenvalue weighted by molar-refractivity contribution is 7.89. The molecule has 2 aliphatic heterocycles. The number of fused-ring (bicyclic) bond motifs is 1. The SMILES string of the molecule is COc1ccc(OC)c(S(=O)(=O)N2CCC3(CC2)NC(=O)c2ccccc2N3)c1. The van der Waals surface area contributed by atoms with Gasteiger partial charge in [-0.05, 0) is 24.3 Å². The Morgan fingerprint density at radius 2 is 1.72 bits per heavy atom. The highest BCUT2D eigenvalue weighted by Crippen LogP contribution is 2.35. The lowest BCUT2D eigenvalue weighted by atomic mass is 9.93. The number of hydrogen-bond donors (Lipinski definition) is 2. The molecule has 2 aromatic rings. The van der Waals surface area contributed by atoms with Crippen LogP contribution < -0.4 is 20.1 Å². The molecule has 2 aliphatic rings. The number of nitrogens with one attached hydrogen (secondary N) is 2. The summed E-state index contributed by atoms with van der Waals surface area (Å²) in [6.45, 7) is 0.524. The third-order valence-electron chi connectivity index (χ3n) is 5.46. The van der Waals surface area contributed by atoms with E-state index in [-0.39, 0.29) is 29.6 Å². The summed E-state index contributed by atoms with van der Waals surface area (Å²) < 4.78 is 38.4. The summed E-state index contributed by atoms with van der Waals surface area (Å²) in [4.78, 5) is 12.6. The first kappa shape index (κ1) is 19.5. The topological polar surface area (TPSA) is 97.0 Å². The molecule has 0 aliphatic carbocycles. The molecule has 1 amide bonds. The Morgan fingerprint density at radius 1 is 1.00 bits per heavy atom. The van der Waals surface area contributed by atoms with Crippen molar-refractivity contribution in [3.63, 3.8) is 0 Å². The number of methoxy groups -OCH3 is 2. The summed E-state index contributed by atoms with van der Waals surface area (Å²) in [6, 6.07) is 12.0. The first-order chi connectivity index (χ1) is 13.9. The second kappa shape index (κ2) is 7.23. The third-order valence-corrected chi connectivity index (χ3v) is 7.38. The molecular weight excluding hydrogens is 394 g/mol. The predicted molar refractivity (Wildman–Crippen MR) is 108 cm³/mol. The van der Waals surface area contributed by atoms with Crippen molar-refractivity contribution in [2.45, 2.75) is 23.4 Å². The van der Waals surface area contributed by atoms with Crippen LogP contribution in [0.1, 0.15) is 23.2 Å². The molecule has 1 saturated heterocycles. The summed E-state index contributed by atoms with van der Waals surface area (Å²) in [5, 5.41) is 6.42. The average molecular weight is 417 g/mol. The lowest BCUT2D eigenvalue weighted by molar-refractivity contribution is 0.0865. The van der Waals surface area contributed by atoms with E-state index in [0.29, 0.717) is 24.2 Å². The van der Waals surface area contributed by atoms with Crippen LogP contribution in [0.5, 0.6) is 11.5 Å². The number of nitrogens with zero attached hydrogens (tertiary/aromatic N) is 1. The van der Waals surface area contributed by atoms with E-state index < -0.39 is 15.7 Å². The number of anilines is 1. The van der Waals surface area contributed by atoms with Gasteiger partial charge < -0.3 is 20.1 Å². The quantitative estimate of drug-likeness (QED) is 0.790.